The number of thioether (sulfide) groups is 1. The second-order valence-electron chi connectivity index (χ2n) is 4.91. The number of rotatable bonds is 4. The molecule has 1 aliphatic rings. The van der Waals surface area contributed by atoms with Crippen molar-refractivity contribution >= 4 is 11.8 Å². The van der Waals surface area contributed by atoms with Crippen LogP contribution in [0.4, 0.5) is 4.39 Å². The van der Waals surface area contributed by atoms with Crippen molar-refractivity contribution in [2.24, 2.45) is 11.7 Å². The summed E-state index contributed by atoms with van der Waals surface area (Å²) in [5, 5.41) is 8.81. The minimum atomic E-state index is -0.797. The molecule has 0 amide bonds. The predicted octanol–water partition coefficient (Wildman–Crippen LogP) is 2.27. The molecule has 3 atom stereocenters. The summed E-state index contributed by atoms with van der Waals surface area (Å²) in [6.07, 6.45) is 0. The second-order valence-corrected chi connectivity index (χ2v) is 6.14. The van der Waals surface area contributed by atoms with E-state index in [-0.39, 0.29) is 17.0 Å². The molecule has 2 rings (SSSR count). The number of benzene rings is 1. The molecule has 1 aromatic carbocycles. The fraction of sp³-hybridized carbons (Fsp3) is 0.500. The van der Waals surface area contributed by atoms with E-state index >= 15 is 0 Å². The standard InChI is InChI=1S/C14H17FN2OS/c1-14(17,10-4-2-3-5-12(10)15)11-8-18-9-13(11)19-7-6-16/h2-5,11,13H,7-9,17H2,1H3/t11-,13-,14+/m0/s1. The number of nitriles is 1. The zero-order chi connectivity index (χ0) is 13.9. The minimum absolute atomic E-state index is 0.00255. The van der Waals surface area contributed by atoms with Crippen molar-refractivity contribution in [2.45, 2.75) is 17.7 Å². The lowest BCUT2D eigenvalue weighted by Gasteiger charge is -2.34. The first kappa shape index (κ1) is 14.3. The van der Waals surface area contributed by atoms with Gasteiger partial charge in [-0.2, -0.15) is 5.26 Å². The summed E-state index contributed by atoms with van der Waals surface area (Å²) in [4.78, 5) is 0. The van der Waals surface area contributed by atoms with Crippen molar-refractivity contribution in [3.05, 3.63) is 35.6 Å². The maximum Gasteiger partial charge on any atom is 0.128 e. The first-order chi connectivity index (χ1) is 9.07. The van der Waals surface area contributed by atoms with Gasteiger partial charge < -0.3 is 10.5 Å². The van der Waals surface area contributed by atoms with Gasteiger partial charge in [-0.05, 0) is 13.0 Å². The highest BCUT2D eigenvalue weighted by Gasteiger charge is 2.42. The Hall–Kier alpha value is -1.09. The third-order valence-corrected chi connectivity index (χ3v) is 4.80. The number of ether oxygens (including phenoxy) is 1. The fourth-order valence-electron chi connectivity index (χ4n) is 2.50. The van der Waals surface area contributed by atoms with Gasteiger partial charge in [0.1, 0.15) is 5.82 Å². The molecule has 1 aliphatic heterocycles. The molecule has 19 heavy (non-hydrogen) atoms. The van der Waals surface area contributed by atoms with Crippen molar-refractivity contribution in [3.8, 4) is 6.07 Å². The number of hydrogen-bond donors (Lipinski definition) is 1. The van der Waals surface area contributed by atoms with Crippen LogP contribution in [0.2, 0.25) is 0 Å². The Morgan fingerprint density at radius 1 is 1.53 bits per heavy atom. The largest absolute Gasteiger partial charge is 0.380 e. The number of nitrogens with two attached hydrogens (primary N) is 1. The Bertz CT molecular complexity index is 487. The van der Waals surface area contributed by atoms with E-state index in [1.807, 2.05) is 6.92 Å². The van der Waals surface area contributed by atoms with Gasteiger partial charge in [0.25, 0.3) is 0 Å². The topological polar surface area (TPSA) is 59.0 Å². The van der Waals surface area contributed by atoms with Gasteiger partial charge in [-0.25, -0.2) is 4.39 Å². The highest BCUT2D eigenvalue weighted by Crippen LogP contribution is 2.38. The molecular formula is C14H17FN2OS. The summed E-state index contributed by atoms with van der Waals surface area (Å²) in [7, 11) is 0. The summed E-state index contributed by atoms with van der Waals surface area (Å²) in [5.74, 6) is 0.115. The summed E-state index contributed by atoms with van der Waals surface area (Å²) in [5.41, 5.74) is 6.10. The maximum absolute atomic E-state index is 13.9. The molecule has 1 heterocycles. The molecule has 0 radical (unpaired) electrons. The number of hydrogen-bond acceptors (Lipinski definition) is 4. The van der Waals surface area contributed by atoms with E-state index in [9.17, 15) is 4.39 Å². The zero-order valence-corrected chi connectivity index (χ0v) is 11.6. The normalized spacial score (nSPS) is 25.8. The molecule has 1 aromatic rings. The molecule has 0 aromatic heterocycles. The number of halogens is 1. The molecule has 0 saturated carbocycles. The van der Waals surface area contributed by atoms with E-state index in [0.717, 1.165) is 0 Å². The van der Waals surface area contributed by atoms with Crippen LogP contribution in [0.1, 0.15) is 12.5 Å². The van der Waals surface area contributed by atoms with E-state index in [0.29, 0.717) is 24.5 Å². The maximum atomic E-state index is 13.9. The van der Waals surface area contributed by atoms with E-state index < -0.39 is 5.54 Å². The molecular weight excluding hydrogens is 263 g/mol. The minimum Gasteiger partial charge on any atom is -0.380 e. The highest BCUT2D eigenvalue weighted by molar-refractivity contribution is 8.00. The smallest absolute Gasteiger partial charge is 0.128 e. The average molecular weight is 280 g/mol. The Morgan fingerprint density at radius 3 is 2.95 bits per heavy atom. The van der Waals surface area contributed by atoms with Crippen molar-refractivity contribution in [3.63, 3.8) is 0 Å². The first-order valence-electron chi connectivity index (χ1n) is 6.17. The Labute approximate surface area is 116 Å². The van der Waals surface area contributed by atoms with Crippen LogP contribution in [-0.2, 0) is 10.3 Å². The molecule has 0 spiro atoms. The quantitative estimate of drug-likeness (QED) is 0.919. The lowest BCUT2D eigenvalue weighted by Crippen LogP contribution is -2.46. The SMILES string of the molecule is C[C@@](N)(c1ccccc1F)[C@H]1COC[C@@H]1SCC#N. The van der Waals surface area contributed by atoms with Crippen LogP contribution in [0.3, 0.4) is 0 Å². The third kappa shape index (κ3) is 2.92. The van der Waals surface area contributed by atoms with Gasteiger partial charge in [-0.3, -0.25) is 0 Å². The Kier molecular flexibility index (Phi) is 4.46. The lowest BCUT2D eigenvalue weighted by molar-refractivity contribution is 0.165. The zero-order valence-electron chi connectivity index (χ0n) is 10.8. The molecule has 2 N–H and O–H groups in total. The van der Waals surface area contributed by atoms with E-state index in [4.69, 9.17) is 15.7 Å². The van der Waals surface area contributed by atoms with E-state index in [1.165, 1.54) is 17.8 Å². The van der Waals surface area contributed by atoms with Gasteiger partial charge in [-0.1, -0.05) is 18.2 Å². The number of nitrogens with zero attached hydrogens (tertiary/aromatic N) is 1. The summed E-state index contributed by atoms with van der Waals surface area (Å²) >= 11 is 1.53. The Morgan fingerprint density at radius 2 is 2.26 bits per heavy atom. The summed E-state index contributed by atoms with van der Waals surface area (Å²) < 4.78 is 19.4. The van der Waals surface area contributed by atoms with Gasteiger partial charge in [0, 0.05) is 22.3 Å². The van der Waals surface area contributed by atoms with Crippen LogP contribution in [-0.4, -0.2) is 24.2 Å². The molecule has 0 unspecified atom stereocenters. The summed E-state index contributed by atoms with van der Waals surface area (Å²) in [6, 6.07) is 8.70. The van der Waals surface area contributed by atoms with Crippen molar-refractivity contribution in [1.82, 2.24) is 0 Å². The van der Waals surface area contributed by atoms with Gasteiger partial charge >= 0.3 is 0 Å². The van der Waals surface area contributed by atoms with Gasteiger partial charge in [0.05, 0.1) is 25.0 Å². The van der Waals surface area contributed by atoms with Gasteiger partial charge in [-0.15, -0.1) is 11.8 Å². The lowest BCUT2D eigenvalue weighted by atomic mass is 9.79. The first-order valence-corrected chi connectivity index (χ1v) is 7.22. The second kappa shape index (κ2) is 5.91. The monoisotopic (exact) mass is 280 g/mol. The van der Waals surface area contributed by atoms with Gasteiger partial charge in [0.15, 0.2) is 0 Å². The molecule has 1 saturated heterocycles. The van der Waals surface area contributed by atoms with Crippen molar-refractivity contribution in [1.29, 1.82) is 5.26 Å². The molecule has 0 bridgehead atoms. The Balaban J connectivity index is 2.23. The van der Waals surface area contributed by atoms with Crippen molar-refractivity contribution in [2.75, 3.05) is 19.0 Å². The summed E-state index contributed by atoms with van der Waals surface area (Å²) in [6.45, 7) is 2.91. The van der Waals surface area contributed by atoms with Crippen molar-refractivity contribution < 1.29 is 9.13 Å². The van der Waals surface area contributed by atoms with E-state index in [1.54, 1.807) is 18.2 Å². The average Bonchev–Trinajstić information content (AvgIpc) is 2.85. The molecule has 3 nitrogen and oxygen atoms in total. The van der Waals surface area contributed by atoms with E-state index in [2.05, 4.69) is 6.07 Å². The fourth-order valence-corrected chi connectivity index (χ4v) is 3.57. The van der Waals surface area contributed by atoms with Crippen LogP contribution in [0.15, 0.2) is 24.3 Å². The van der Waals surface area contributed by atoms with Crippen LogP contribution < -0.4 is 5.73 Å². The predicted molar refractivity (Wildman–Crippen MR) is 74.1 cm³/mol. The third-order valence-electron chi connectivity index (χ3n) is 3.61. The molecule has 0 aliphatic carbocycles. The van der Waals surface area contributed by atoms with Crippen LogP contribution in [0.5, 0.6) is 0 Å². The molecule has 5 heteroatoms. The van der Waals surface area contributed by atoms with Crippen LogP contribution in [0.25, 0.3) is 0 Å². The molecule has 102 valence electrons. The van der Waals surface area contributed by atoms with Crippen LogP contribution >= 0.6 is 11.8 Å². The highest BCUT2D eigenvalue weighted by atomic mass is 32.2. The molecule has 1 fully saturated rings. The van der Waals surface area contributed by atoms with Gasteiger partial charge in [0.2, 0.25) is 0 Å². The van der Waals surface area contributed by atoms with Crippen LogP contribution in [0, 0.1) is 23.1 Å².